The van der Waals surface area contributed by atoms with Crippen LogP contribution in [0.1, 0.15) is 23.7 Å². The summed E-state index contributed by atoms with van der Waals surface area (Å²) in [6.07, 6.45) is 0.778. The monoisotopic (exact) mass is 298 g/mol. The normalized spacial score (nSPS) is 17.0. The summed E-state index contributed by atoms with van der Waals surface area (Å²) in [5, 5.41) is 13.7. The number of carbonyl (C=O) groups excluding carboxylic acids is 1. The molecule has 1 aromatic rings. The van der Waals surface area contributed by atoms with Crippen molar-refractivity contribution in [3.8, 4) is 0 Å². The summed E-state index contributed by atoms with van der Waals surface area (Å²) in [5.41, 5.74) is -0.821. The fraction of sp³-hybridized carbons (Fsp3) is 0.462. The van der Waals surface area contributed by atoms with Gasteiger partial charge in [-0.05, 0) is 25.5 Å². The van der Waals surface area contributed by atoms with E-state index in [1.54, 1.807) is 6.92 Å². The Kier molecular flexibility index (Phi) is 4.69. The molecule has 0 aromatic heterocycles. The van der Waals surface area contributed by atoms with Gasteiger partial charge in [-0.15, -0.1) is 0 Å². The molecule has 0 radical (unpaired) electrons. The number of esters is 1. The molecular weight excluding hydrogens is 283 g/mol. The lowest BCUT2D eigenvalue weighted by Gasteiger charge is -2.26. The number of anilines is 1. The second-order valence-corrected chi connectivity index (χ2v) is 4.49. The molecule has 7 nitrogen and oxygen atoms in total. The highest BCUT2D eigenvalue weighted by Crippen LogP contribution is 2.30. The zero-order chi connectivity index (χ0) is 15.4. The Morgan fingerprint density at radius 3 is 2.86 bits per heavy atom. The van der Waals surface area contributed by atoms with Crippen LogP contribution in [-0.4, -0.2) is 36.8 Å². The molecule has 1 unspecified atom stereocenters. The smallest absolute Gasteiger partial charge is 0.338 e. The van der Waals surface area contributed by atoms with E-state index in [0.29, 0.717) is 13.2 Å². The lowest BCUT2D eigenvalue weighted by Crippen LogP contribution is -2.33. The number of carbonyl (C=O) groups is 1. The Morgan fingerprint density at radius 2 is 2.33 bits per heavy atom. The molecule has 1 aliphatic heterocycles. The van der Waals surface area contributed by atoms with Gasteiger partial charge in [0.25, 0.3) is 0 Å². The van der Waals surface area contributed by atoms with Crippen LogP contribution >= 0.6 is 0 Å². The van der Waals surface area contributed by atoms with Crippen molar-refractivity contribution in [2.45, 2.75) is 19.4 Å². The molecule has 2 rings (SSSR count). The molecule has 0 bridgehead atoms. The van der Waals surface area contributed by atoms with Gasteiger partial charge in [0.15, 0.2) is 0 Å². The molecular formula is C13H15FN2O5. The van der Waals surface area contributed by atoms with Crippen LogP contribution in [0, 0.1) is 15.9 Å². The minimum Gasteiger partial charge on any atom is -0.462 e. The number of halogens is 1. The molecule has 1 fully saturated rings. The van der Waals surface area contributed by atoms with E-state index in [9.17, 15) is 19.3 Å². The van der Waals surface area contributed by atoms with Gasteiger partial charge in [-0.3, -0.25) is 10.1 Å². The number of ether oxygens (including phenoxy) is 2. The van der Waals surface area contributed by atoms with Crippen LogP contribution < -0.4 is 5.32 Å². The topological polar surface area (TPSA) is 90.7 Å². The summed E-state index contributed by atoms with van der Waals surface area (Å²) in [6, 6.07) is 2.03. The first kappa shape index (κ1) is 15.2. The van der Waals surface area contributed by atoms with Crippen molar-refractivity contribution in [3.63, 3.8) is 0 Å². The Labute approximate surface area is 120 Å². The van der Waals surface area contributed by atoms with Gasteiger partial charge in [0.05, 0.1) is 23.2 Å². The van der Waals surface area contributed by atoms with Crippen LogP contribution in [0.2, 0.25) is 0 Å². The molecule has 1 saturated heterocycles. The highest BCUT2D eigenvalue weighted by molar-refractivity contribution is 5.91. The average Bonchev–Trinajstić information content (AvgIpc) is 2.36. The lowest BCUT2D eigenvalue weighted by atomic mass is 10.1. The van der Waals surface area contributed by atoms with Crippen molar-refractivity contribution in [2.24, 2.45) is 0 Å². The van der Waals surface area contributed by atoms with Crippen molar-refractivity contribution in [3.05, 3.63) is 33.6 Å². The number of benzene rings is 1. The number of nitrogens with one attached hydrogen (secondary N) is 1. The fourth-order valence-corrected chi connectivity index (χ4v) is 1.92. The van der Waals surface area contributed by atoms with Gasteiger partial charge in [-0.1, -0.05) is 0 Å². The minimum absolute atomic E-state index is 0.0566. The number of rotatable bonds is 6. The maximum atomic E-state index is 13.9. The molecule has 21 heavy (non-hydrogen) atoms. The van der Waals surface area contributed by atoms with E-state index in [-0.39, 0.29) is 24.0 Å². The van der Waals surface area contributed by atoms with Crippen molar-refractivity contribution in [1.29, 1.82) is 0 Å². The highest BCUT2D eigenvalue weighted by Gasteiger charge is 2.25. The Hall–Kier alpha value is -2.22. The Morgan fingerprint density at radius 1 is 1.62 bits per heavy atom. The SMILES string of the molecule is CCOC(=O)c1cc(F)c([N+](=O)[O-])c(NCC2CCO2)c1. The summed E-state index contributed by atoms with van der Waals surface area (Å²) in [7, 11) is 0. The number of nitro groups is 1. The van der Waals surface area contributed by atoms with Crippen LogP contribution in [0.15, 0.2) is 12.1 Å². The summed E-state index contributed by atoms with van der Waals surface area (Å²) < 4.78 is 23.8. The largest absolute Gasteiger partial charge is 0.462 e. The quantitative estimate of drug-likeness (QED) is 0.491. The molecule has 0 amide bonds. The average molecular weight is 298 g/mol. The maximum Gasteiger partial charge on any atom is 0.338 e. The van der Waals surface area contributed by atoms with Crippen molar-refractivity contribution < 1.29 is 23.6 Å². The second-order valence-electron chi connectivity index (χ2n) is 4.49. The molecule has 114 valence electrons. The molecule has 0 saturated carbocycles. The maximum absolute atomic E-state index is 13.9. The predicted molar refractivity (Wildman–Crippen MR) is 71.9 cm³/mol. The summed E-state index contributed by atoms with van der Waals surface area (Å²) in [5.74, 6) is -1.81. The van der Waals surface area contributed by atoms with E-state index in [1.807, 2.05) is 0 Å². The van der Waals surface area contributed by atoms with E-state index in [0.717, 1.165) is 12.5 Å². The first-order valence-electron chi connectivity index (χ1n) is 6.53. The fourth-order valence-electron chi connectivity index (χ4n) is 1.92. The molecule has 1 heterocycles. The van der Waals surface area contributed by atoms with Gasteiger partial charge in [-0.25, -0.2) is 4.79 Å². The zero-order valence-electron chi connectivity index (χ0n) is 11.4. The van der Waals surface area contributed by atoms with Crippen LogP contribution in [0.25, 0.3) is 0 Å². The summed E-state index contributed by atoms with van der Waals surface area (Å²) in [4.78, 5) is 21.8. The first-order chi connectivity index (χ1) is 10.0. The van der Waals surface area contributed by atoms with E-state index in [4.69, 9.17) is 9.47 Å². The molecule has 0 aliphatic carbocycles. The number of hydrogen-bond acceptors (Lipinski definition) is 6. The molecule has 0 spiro atoms. The van der Waals surface area contributed by atoms with Crippen molar-refractivity contribution in [1.82, 2.24) is 0 Å². The molecule has 8 heteroatoms. The second kappa shape index (κ2) is 6.49. The molecule has 1 N–H and O–H groups in total. The van der Waals surface area contributed by atoms with Crippen LogP contribution in [0.4, 0.5) is 15.8 Å². The number of hydrogen-bond donors (Lipinski definition) is 1. The minimum atomic E-state index is -1.08. The summed E-state index contributed by atoms with van der Waals surface area (Å²) >= 11 is 0. The van der Waals surface area contributed by atoms with Gasteiger partial charge >= 0.3 is 11.7 Å². The standard InChI is InChI=1S/C13H15FN2O5/c1-2-20-13(17)8-5-10(14)12(16(18)19)11(6-8)15-7-9-3-4-21-9/h5-6,9,15H,2-4,7H2,1H3. The number of nitrogens with zero attached hydrogens (tertiary/aromatic N) is 1. The van der Waals surface area contributed by atoms with Crippen LogP contribution in [-0.2, 0) is 9.47 Å². The molecule has 1 aliphatic rings. The van der Waals surface area contributed by atoms with Gasteiger partial charge in [0, 0.05) is 13.2 Å². The Balaban J connectivity index is 2.27. The van der Waals surface area contributed by atoms with Gasteiger partial charge < -0.3 is 14.8 Å². The zero-order valence-corrected chi connectivity index (χ0v) is 11.4. The van der Waals surface area contributed by atoms with E-state index >= 15 is 0 Å². The van der Waals surface area contributed by atoms with Gasteiger partial charge in [0.2, 0.25) is 5.82 Å². The third-order valence-electron chi connectivity index (χ3n) is 3.07. The highest BCUT2D eigenvalue weighted by atomic mass is 19.1. The lowest BCUT2D eigenvalue weighted by molar-refractivity contribution is -0.386. The predicted octanol–water partition coefficient (Wildman–Crippen LogP) is 2.11. The molecule has 1 aromatic carbocycles. The third-order valence-corrected chi connectivity index (χ3v) is 3.07. The molecule has 1 atom stereocenters. The van der Waals surface area contributed by atoms with E-state index in [2.05, 4.69) is 5.32 Å². The Bertz CT molecular complexity index is 560. The number of nitro benzene ring substituents is 1. The first-order valence-corrected chi connectivity index (χ1v) is 6.53. The van der Waals surface area contributed by atoms with Gasteiger partial charge in [-0.2, -0.15) is 4.39 Å². The van der Waals surface area contributed by atoms with E-state index < -0.39 is 22.4 Å². The van der Waals surface area contributed by atoms with Crippen molar-refractivity contribution in [2.75, 3.05) is 25.1 Å². The van der Waals surface area contributed by atoms with Crippen molar-refractivity contribution >= 4 is 17.3 Å². The van der Waals surface area contributed by atoms with Crippen LogP contribution in [0.3, 0.4) is 0 Å². The van der Waals surface area contributed by atoms with E-state index in [1.165, 1.54) is 6.07 Å². The van der Waals surface area contributed by atoms with Gasteiger partial charge in [0.1, 0.15) is 5.69 Å². The third kappa shape index (κ3) is 3.46. The van der Waals surface area contributed by atoms with Crippen LogP contribution in [0.5, 0.6) is 0 Å². The summed E-state index contributed by atoms with van der Waals surface area (Å²) in [6.45, 7) is 2.71.